The van der Waals surface area contributed by atoms with Gasteiger partial charge in [-0.25, -0.2) is 0 Å². The molecule has 0 aliphatic carbocycles. The summed E-state index contributed by atoms with van der Waals surface area (Å²) >= 11 is 6.01. The second kappa shape index (κ2) is 3.55. The number of hydrogen-bond acceptors (Lipinski definition) is 3. The van der Waals surface area contributed by atoms with Gasteiger partial charge in [-0.2, -0.15) is 0 Å². The zero-order chi connectivity index (χ0) is 10.3. The topological polar surface area (TPSA) is 49.7 Å². The molecule has 74 valence electrons. The molecule has 3 nitrogen and oxygen atoms in total. The van der Waals surface area contributed by atoms with Gasteiger partial charge in [0.25, 0.3) is 0 Å². The number of benzene rings is 1. The van der Waals surface area contributed by atoms with Gasteiger partial charge in [-0.3, -0.25) is 0 Å². The quantitative estimate of drug-likeness (QED) is 0.671. The van der Waals surface area contributed by atoms with E-state index >= 15 is 0 Å². The molecule has 2 rings (SSSR count). The van der Waals surface area contributed by atoms with Crippen LogP contribution < -0.4 is 5.46 Å². The Kier molecular flexibility index (Phi) is 2.53. The summed E-state index contributed by atoms with van der Waals surface area (Å²) < 4.78 is 5.20. The normalized spacial score (nSPS) is 20.0. The molecule has 1 aliphatic rings. The zero-order valence-electron chi connectivity index (χ0n) is 7.70. The molecule has 1 heterocycles. The van der Waals surface area contributed by atoms with Crippen LogP contribution in [-0.2, 0) is 11.3 Å². The van der Waals surface area contributed by atoms with Gasteiger partial charge in [0, 0.05) is 5.02 Å². The Hall–Kier alpha value is -0.545. The van der Waals surface area contributed by atoms with Crippen LogP contribution in [0.4, 0.5) is 0 Å². The van der Waals surface area contributed by atoms with Crippen molar-refractivity contribution >= 4 is 24.2 Å². The lowest BCUT2D eigenvalue weighted by Crippen LogP contribution is -2.28. The van der Waals surface area contributed by atoms with Crippen molar-refractivity contribution in [3.63, 3.8) is 0 Å². The van der Waals surface area contributed by atoms with Gasteiger partial charge in [0.1, 0.15) is 0 Å². The SMILES string of the molecule is CC1OB(O)c2cc(CO)cc(Cl)c21. The third-order valence-electron chi connectivity index (χ3n) is 2.41. The smallest absolute Gasteiger partial charge is 0.423 e. The summed E-state index contributed by atoms with van der Waals surface area (Å²) in [6.45, 7) is 1.74. The van der Waals surface area contributed by atoms with E-state index in [1.54, 1.807) is 12.1 Å². The highest BCUT2D eigenvalue weighted by atomic mass is 35.5. The van der Waals surface area contributed by atoms with Crippen LogP contribution in [0.2, 0.25) is 5.02 Å². The monoisotopic (exact) mass is 212 g/mol. The van der Waals surface area contributed by atoms with Crippen molar-refractivity contribution in [2.24, 2.45) is 0 Å². The molecule has 1 aromatic rings. The molecule has 1 aliphatic heterocycles. The van der Waals surface area contributed by atoms with Gasteiger partial charge in [0.15, 0.2) is 0 Å². The molecule has 0 amide bonds. The number of aliphatic hydroxyl groups is 1. The van der Waals surface area contributed by atoms with Crippen LogP contribution in [0.1, 0.15) is 24.2 Å². The second-order valence-corrected chi connectivity index (χ2v) is 3.78. The average Bonchev–Trinajstić information content (AvgIpc) is 2.42. The summed E-state index contributed by atoms with van der Waals surface area (Å²) in [5, 5.41) is 19.0. The van der Waals surface area contributed by atoms with E-state index in [-0.39, 0.29) is 12.7 Å². The Morgan fingerprint density at radius 3 is 2.93 bits per heavy atom. The van der Waals surface area contributed by atoms with Crippen LogP contribution in [0, 0.1) is 0 Å². The lowest BCUT2D eigenvalue weighted by molar-refractivity contribution is 0.209. The summed E-state index contributed by atoms with van der Waals surface area (Å²) in [5.41, 5.74) is 2.16. The molecule has 0 fully saturated rings. The largest absolute Gasteiger partial charge is 0.492 e. The van der Waals surface area contributed by atoms with E-state index in [1.165, 1.54) is 0 Å². The average molecular weight is 212 g/mol. The number of aliphatic hydroxyl groups excluding tert-OH is 1. The van der Waals surface area contributed by atoms with E-state index in [0.29, 0.717) is 16.0 Å². The number of rotatable bonds is 1. The minimum Gasteiger partial charge on any atom is -0.423 e. The maximum Gasteiger partial charge on any atom is 0.492 e. The first-order valence-electron chi connectivity index (χ1n) is 4.40. The molecule has 0 saturated heterocycles. The zero-order valence-corrected chi connectivity index (χ0v) is 8.45. The van der Waals surface area contributed by atoms with Gasteiger partial charge in [-0.15, -0.1) is 0 Å². The first-order valence-corrected chi connectivity index (χ1v) is 4.78. The molecule has 0 saturated carbocycles. The highest BCUT2D eigenvalue weighted by Crippen LogP contribution is 2.30. The molecular formula is C9H10BClO3. The highest BCUT2D eigenvalue weighted by Gasteiger charge is 2.34. The maximum atomic E-state index is 9.53. The Morgan fingerprint density at radius 1 is 1.57 bits per heavy atom. The minimum atomic E-state index is -0.927. The van der Waals surface area contributed by atoms with Crippen LogP contribution in [0.3, 0.4) is 0 Å². The van der Waals surface area contributed by atoms with Crippen molar-refractivity contribution in [1.82, 2.24) is 0 Å². The van der Waals surface area contributed by atoms with Crippen molar-refractivity contribution in [1.29, 1.82) is 0 Å². The predicted octanol–water partition coefficient (Wildman–Crippen LogP) is 0.611. The van der Waals surface area contributed by atoms with Gasteiger partial charge in [-0.1, -0.05) is 17.7 Å². The number of halogens is 1. The molecule has 0 aromatic heterocycles. The van der Waals surface area contributed by atoms with E-state index in [2.05, 4.69) is 0 Å². The Labute approximate surface area is 87.4 Å². The number of fused-ring (bicyclic) bond motifs is 1. The Bertz CT molecular complexity index is 369. The minimum absolute atomic E-state index is 0.0892. The maximum absolute atomic E-state index is 9.53. The molecule has 1 aromatic carbocycles. The molecule has 1 atom stereocenters. The van der Waals surface area contributed by atoms with Crippen LogP contribution in [0.5, 0.6) is 0 Å². The van der Waals surface area contributed by atoms with E-state index in [0.717, 1.165) is 5.56 Å². The summed E-state index contributed by atoms with van der Waals surface area (Å²) in [5.74, 6) is 0. The number of hydrogen-bond donors (Lipinski definition) is 2. The second-order valence-electron chi connectivity index (χ2n) is 3.37. The van der Waals surface area contributed by atoms with Gasteiger partial charge in [0.2, 0.25) is 0 Å². The van der Waals surface area contributed by atoms with Crippen molar-refractivity contribution in [2.75, 3.05) is 0 Å². The van der Waals surface area contributed by atoms with E-state index in [9.17, 15) is 5.02 Å². The van der Waals surface area contributed by atoms with Crippen molar-refractivity contribution in [3.8, 4) is 0 Å². The van der Waals surface area contributed by atoms with Crippen LogP contribution in [0.25, 0.3) is 0 Å². The standard InChI is InChI=1S/C9H10BClO3/c1-5-9-7(10(13)14-5)2-6(4-12)3-8(9)11/h2-3,5,12-13H,4H2,1H3. The fourth-order valence-electron chi connectivity index (χ4n) is 1.76. The van der Waals surface area contributed by atoms with E-state index in [1.807, 2.05) is 6.92 Å². The van der Waals surface area contributed by atoms with Crippen molar-refractivity contribution < 1.29 is 14.8 Å². The Balaban J connectivity index is 2.57. The molecule has 2 N–H and O–H groups in total. The summed E-state index contributed by atoms with van der Waals surface area (Å²) in [6, 6.07) is 3.41. The molecule has 0 bridgehead atoms. The molecule has 14 heavy (non-hydrogen) atoms. The van der Waals surface area contributed by atoms with Crippen LogP contribution >= 0.6 is 11.6 Å². The molecular weight excluding hydrogens is 202 g/mol. The summed E-state index contributed by atoms with van der Waals surface area (Å²) in [7, 11) is -0.927. The van der Waals surface area contributed by atoms with Gasteiger partial charge in [-0.05, 0) is 29.6 Å². The lowest BCUT2D eigenvalue weighted by atomic mass is 9.78. The van der Waals surface area contributed by atoms with Gasteiger partial charge in [0.05, 0.1) is 12.7 Å². The predicted molar refractivity (Wildman–Crippen MR) is 54.5 cm³/mol. The van der Waals surface area contributed by atoms with Gasteiger partial charge >= 0.3 is 7.12 Å². The summed E-state index contributed by atoms with van der Waals surface area (Å²) in [6.07, 6.45) is -0.194. The third kappa shape index (κ3) is 1.44. The fourth-order valence-corrected chi connectivity index (χ4v) is 2.16. The highest BCUT2D eigenvalue weighted by molar-refractivity contribution is 6.62. The fraction of sp³-hybridized carbons (Fsp3) is 0.333. The van der Waals surface area contributed by atoms with Gasteiger partial charge < -0.3 is 14.8 Å². The summed E-state index contributed by atoms with van der Waals surface area (Å²) in [4.78, 5) is 0. The van der Waals surface area contributed by atoms with Crippen molar-refractivity contribution in [3.05, 3.63) is 28.3 Å². The molecule has 0 radical (unpaired) electrons. The molecule has 5 heteroatoms. The van der Waals surface area contributed by atoms with E-state index in [4.69, 9.17) is 21.4 Å². The Morgan fingerprint density at radius 2 is 2.29 bits per heavy atom. The first-order chi connectivity index (χ1) is 6.63. The van der Waals surface area contributed by atoms with Crippen molar-refractivity contribution in [2.45, 2.75) is 19.6 Å². The third-order valence-corrected chi connectivity index (χ3v) is 2.72. The van der Waals surface area contributed by atoms with Crippen LogP contribution in [0.15, 0.2) is 12.1 Å². The van der Waals surface area contributed by atoms with E-state index < -0.39 is 7.12 Å². The first kappa shape index (κ1) is 9.99. The van der Waals surface area contributed by atoms with Crippen LogP contribution in [-0.4, -0.2) is 17.2 Å². The molecule has 0 spiro atoms. The molecule has 1 unspecified atom stereocenters. The lowest BCUT2D eigenvalue weighted by Gasteiger charge is -2.07.